The first-order chi connectivity index (χ1) is 19.5. The van der Waals surface area contributed by atoms with Crippen LogP contribution in [0.15, 0.2) is 59.0 Å². The van der Waals surface area contributed by atoms with Gasteiger partial charge < -0.3 is 19.8 Å². The normalized spacial score (nSPS) is 16.8. The number of nitrogens with two attached hydrogens (primary N) is 1. The van der Waals surface area contributed by atoms with Gasteiger partial charge >= 0.3 is 7.12 Å². The lowest BCUT2D eigenvalue weighted by Crippen LogP contribution is -2.32. The second-order valence-electron chi connectivity index (χ2n) is 10.6. The summed E-state index contributed by atoms with van der Waals surface area (Å²) < 4.78 is 52.9. The molecule has 12 heteroatoms. The molecule has 0 bridgehead atoms. The molecule has 1 amide bonds. The summed E-state index contributed by atoms with van der Waals surface area (Å²) in [7, 11) is -4.91. The van der Waals surface area contributed by atoms with Crippen LogP contribution in [0.1, 0.15) is 64.1 Å². The van der Waals surface area contributed by atoms with Crippen molar-refractivity contribution in [3.63, 3.8) is 0 Å². The molecular formula is C29H27BClFN2O6S. The number of amides is 1. The van der Waals surface area contributed by atoms with E-state index < -0.39 is 29.2 Å². The van der Waals surface area contributed by atoms with Gasteiger partial charge in [0, 0.05) is 29.4 Å². The summed E-state index contributed by atoms with van der Waals surface area (Å²) in [6, 6.07) is 14.5. The highest BCUT2D eigenvalue weighted by Crippen LogP contribution is 2.47. The van der Waals surface area contributed by atoms with Crippen molar-refractivity contribution in [2.24, 2.45) is 5.73 Å². The Hall–Kier alpha value is -3.38. The SMILES string of the molecule is CS(=O)(=O)N(CCC1OB(O)c2cccc(Cl)c21)c1cc2oc(Cc3ccc(F)cc3)c(C(N)=O)c2cc1C1CC1. The topological polar surface area (TPSA) is 123 Å². The third-order valence-electron chi connectivity index (χ3n) is 7.68. The highest BCUT2D eigenvalue weighted by molar-refractivity contribution is 7.92. The third-order valence-corrected chi connectivity index (χ3v) is 9.19. The molecule has 4 aromatic rings. The van der Waals surface area contributed by atoms with Gasteiger partial charge in [-0.3, -0.25) is 9.10 Å². The molecule has 1 aromatic heterocycles. The zero-order valence-electron chi connectivity index (χ0n) is 22.1. The van der Waals surface area contributed by atoms with Crippen molar-refractivity contribution in [3.8, 4) is 0 Å². The number of hydrogen-bond donors (Lipinski definition) is 2. The summed E-state index contributed by atoms with van der Waals surface area (Å²) in [4.78, 5) is 12.6. The maximum absolute atomic E-state index is 13.4. The molecule has 1 fully saturated rings. The van der Waals surface area contributed by atoms with Crippen molar-refractivity contribution in [1.82, 2.24) is 0 Å². The smallest absolute Gasteiger partial charge is 0.460 e. The number of furan rings is 1. The standard InChI is InChI=1S/C29H27BClFN2O6S/c1-41(37,38)34(12-11-24-28-21(30(36)40-24)3-2-4-22(28)31)23-15-25-20(14-19(23)17-7-8-17)27(29(33)35)26(39-25)13-16-5-9-18(32)10-6-16/h2-6,9-10,14-15,17,24,36H,7-8,11-13H2,1H3,(H2,33,35). The molecule has 2 heterocycles. The number of nitrogens with zero attached hydrogens (tertiary/aromatic N) is 1. The van der Waals surface area contributed by atoms with E-state index in [1.54, 1.807) is 42.5 Å². The lowest BCUT2D eigenvalue weighted by molar-refractivity contribution is 0.1000. The number of hydrogen-bond acceptors (Lipinski definition) is 6. The molecule has 6 rings (SSSR count). The number of anilines is 1. The predicted octanol–water partition coefficient (Wildman–Crippen LogP) is 4.41. The Balaban J connectivity index is 1.40. The van der Waals surface area contributed by atoms with E-state index in [0.29, 0.717) is 38.5 Å². The fourth-order valence-electron chi connectivity index (χ4n) is 5.64. The molecule has 0 saturated heterocycles. The van der Waals surface area contributed by atoms with Gasteiger partial charge in [-0.05, 0) is 71.6 Å². The van der Waals surface area contributed by atoms with Gasteiger partial charge in [0.2, 0.25) is 10.0 Å². The summed E-state index contributed by atoms with van der Waals surface area (Å²) in [5, 5.41) is 11.3. The molecule has 1 unspecified atom stereocenters. The number of halogens is 2. The highest BCUT2D eigenvalue weighted by Gasteiger charge is 2.38. The Bertz CT molecular complexity index is 1770. The van der Waals surface area contributed by atoms with Gasteiger partial charge in [0.1, 0.15) is 17.2 Å². The lowest BCUT2D eigenvalue weighted by atomic mass is 9.79. The number of carbonyl (C=O) groups is 1. The maximum Gasteiger partial charge on any atom is 0.492 e. The Morgan fingerprint density at radius 3 is 2.59 bits per heavy atom. The van der Waals surface area contributed by atoms with E-state index in [9.17, 15) is 22.6 Å². The van der Waals surface area contributed by atoms with Crippen LogP contribution in [0.2, 0.25) is 5.02 Å². The molecule has 2 aliphatic rings. The van der Waals surface area contributed by atoms with E-state index in [0.717, 1.165) is 30.2 Å². The third kappa shape index (κ3) is 5.35. The van der Waals surface area contributed by atoms with Crippen LogP contribution in [0, 0.1) is 5.82 Å². The predicted molar refractivity (Wildman–Crippen MR) is 156 cm³/mol. The van der Waals surface area contributed by atoms with Gasteiger partial charge in [0.15, 0.2) is 0 Å². The van der Waals surface area contributed by atoms with Crippen molar-refractivity contribution in [1.29, 1.82) is 0 Å². The second kappa shape index (κ2) is 10.5. The first-order valence-corrected chi connectivity index (χ1v) is 15.5. The number of fused-ring (bicyclic) bond motifs is 2. The van der Waals surface area contributed by atoms with Crippen LogP contribution < -0.4 is 15.5 Å². The largest absolute Gasteiger partial charge is 0.492 e. The molecule has 3 aromatic carbocycles. The second-order valence-corrected chi connectivity index (χ2v) is 12.9. The first-order valence-electron chi connectivity index (χ1n) is 13.2. The van der Waals surface area contributed by atoms with Crippen LogP contribution in [0.3, 0.4) is 0 Å². The van der Waals surface area contributed by atoms with Crippen molar-refractivity contribution in [3.05, 3.63) is 93.5 Å². The highest BCUT2D eigenvalue weighted by atomic mass is 35.5. The molecule has 0 spiro atoms. The minimum atomic E-state index is -3.77. The maximum atomic E-state index is 13.4. The molecule has 3 N–H and O–H groups in total. The molecular weight excluding hydrogens is 570 g/mol. The zero-order chi connectivity index (χ0) is 29.1. The van der Waals surface area contributed by atoms with E-state index in [-0.39, 0.29) is 36.7 Å². The summed E-state index contributed by atoms with van der Waals surface area (Å²) in [5.41, 5.74) is 9.51. The molecule has 212 valence electrons. The molecule has 1 saturated carbocycles. The number of benzene rings is 3. The van der Waals surface area contributed by atoms with Gasteiger partial charge in [0.25, 0.3) is 5.91 Å². The van der Waals surface area contributed by atoms with Gasteiger partial charge in [-0.1, -0.05) is 35.9 Å². The number of primary amides is 1. The summed E-state index contributed by atoms with van der Waals surface area (Å²) in [6.45, 7) is 0.0535. The Kier molecular flexibility index (Phi) is 7.09. The first kappa shape index (κ1) is 27.8. The lowest BCUT2D eigenvalue weighted by Gasteiger charge is -2.27. The van der Waals surface area contributed by atoms with Crippen molar-refractivity contribution < 1.29 is 31.7 Å². The molecule has 41 heavy (non-hydrogen) atoms. The summed E-state index contributed by atoms with van der Waals surface area (Å²) >= 11 is 6.41. The van der Waals surface area contributed by atoms with Crippen molar-refractivity contribution >= 4 is 56.8 Å². The molecule has 1 aliphatic heterocycles. The number of rotatable bonds is 9. The van der Waals surface area contributed by atoms with Gasteiger partial charge in [-0.2, -0.15) is 0 Å². The minimum absolute atomic E-state index is 0.0535. The van der Waals surface area contributed by atoms with Gasteiger partial charge in [-0.25, -0.2) is 12.8 Å². The Morgan fingerprint density at radius 1 is 1.20 bits per heavy atom. The zero-order valence-corrected chi connectivity index (χ0v) is 23.7. The average molecular weight is 597 g/mol. The molecule has 8 nitrogen and oxygen atoms in total. The number of carbonyl (C=O) groups excluding carboxylic acids is 1. The van der Waals surface area contributed by atoms with Gasteiger partial charge in [-0.15, -0.1) is 0 Å². The molecule has 0 radical (unpaired) electrons. The van der Waals surface area contributed by atoms with Crippen LogP contribution in [-0.2, 0) is 21.1 Å². The quantitative estimate of drug-likeness (QED) is 0.276. The van der Waals surface area contributed by atoms with Crippen LogP contribution in [0.25, 0.3) is 11.0 Å². The van der Waals surface area contributed by atoms with Crippen LogP contribution in [0.5, 0.6) is 0 Å². The number of sulfonamides is 1. The van der Waals surface area contributed by atoms with E-state index in [1.807, 2.05) is 0 Å². The van der Waals surface area contributed by atoms with Crippen molar-refractivity contribution in [2.45, 2.75) is 37.7 Å². The Morgan fingerprint density at radius 2 is 1.93 bits per heavy atom. The van der Waals surface area contributed by atoms with E-state index >= 15 is 0 Å². The minimum Gasteiger partial charge on any atom is -0.460 e. The molecule has 1 atom stereocenters. The summed E-state index contributed by atoms with van der Waals surface area (Å²) in [6.07, 6.45) is 2.74. The monoisotopic (exact) mass is 596 g/mol. The van der Waals surface area contributed by atoms with Crippen LogP contribution in [0.4, 0.5) is 10.1 Å². The van der Waals surface area contributed by atoms with Crippen molar-refractivity contribution in [2.75, 3.05) is 17.1 Å². The Labute approximate surface area is 242 Å². The van der Waals surface area contributed by atoms with E-state index in [1.165, 1.54) is 16.4 Å². The average Bonchev–Trinajstić information content (AvgIpc) is 3.61. The molecule has 1 aliphatic carbocycles. The van der Waals surface area contributed by atoms with Gasteiger partial charge in [0.05, 0.1) is 23.6 Å². The van der Waals surface area contributed by atoms with E-state index in [4.69, 9.17) is 26.4 Å². The fraction of sp³-hybridized carbons (Fsp3) is 0.276. The summed E-state index contributed by atoms with van der Waals surface area (Å²) in [5.74, 6) is -0.600. The van der Waals surface area contributed by atoms with Crippen LogP contribution in [-0.4, -0.2) is 39.3 Å². The fourth-order valence-corrected chi connectivity index (χ4v) is 6.89. The van der Waals surface area contributed by atoms with Crippen LogP contribution >= 0.6 is 11.6 Å². The van der Waals surface area contributed by atoms with E-state index in [2.05, 4.69) is 0 Å².